The molecule has 2 aromatic carbocycles. The molecule has 0 saturated heterocycles. The first-order valence-electron chi connectivity index (χ1n) is 9.32. The Labute approximate surface area is 178 Å². The van der Waals surface area contributed by atoms with Gasteiger partial charge in [-0.2, -0.15) is 0 Å². The highest BCUT2D eigenvalue weighted by Crippen LogP contribution is 2.17. The van der Waals surface area contributed by atoms with Crippen molar-refractivity contribution in [3.63, 3.8) is 0 Å². The van der Waals surface area contributed by atoms with E-state index in [1.165, 1.54) is 31.4 Å². The van der Waals surface area contributed by atoms with E-state index >= 15 is 0 Å². The van der Waals surface area contributed by atoms with E-state index in [1.807, 2.05) is 5.32 Å². The molecule has 0 spiro atoms. The normalized spacial score (nSPS) is 9.87. The first-order chi connectivity index (χ1) is 14.9. The Hall–Kier alpha value is -4.08. The lowest BCUT2D eigenvalue weighted by Crippen LogP contribution is -2.41. The number of rotatable bonds is 9. The number of ether oxygens (including phenoxy) is 3. The maximum atomic E-state index is 12.0. The number of esters is 1. The van der Waals surface area contributed by atoms with E-state index in [0.717, 1.165) is 0 Å². The van der Waals surface area contributed by atoms with Gasteiger partial charge in [0, 0.05) is 18.3 Å². The predicted molar refractivity (Wildman–Crippen MR) is 111 cm³/mol. The smallest absolute Gasteiger partial charge is 0.338 e. The molecule has 0 saturated carbocycles. The zero-order valence-electron chi connectivity index (χ0n) is 17.1. The van der Waals surface area contributed by atoms with Crippen LogP contribution in [0.25, 0.3) is 0 Å². The summed E-state index contributed by atoms with van der Waals surface area (Å²) in [5.74, 6) is -0.876. The topological polar surface area (TPSA) is 132 Å². The Morgan fingerprint density at radius 1 is 0.903 bits per heavy atom. The number of urea groups is 1. The lowest BCUT2D eigenvalue weighted by atomic mass is 10.2. The standard InChI is InChI=1S/C21H23N3O7/c1-3-22-21(28)24-19(26)13-31-20(27)14-7-9-16(10-8-14)30-12-18(25)23-15-5-4-6-17(11-15)29-2/h4-11H,3,12-13H2,1-2H3,(H,23,25)(H2,22,24,26,28). The Balaban J connectivity index is 1.77. The first kappa shape index (κ1) is 23.2. The summed E-state index contributed by atoms with van der Waals surface area (Å²) in [6.45, 7) is 1.22. The van der Waals surface area contributed by atoms with Gasteiger partial charge in [0.2, 0.25) is 0 Å². The van der Waals surface area contributed by atoms with Crippen molar-refractivity contribution in [2.24, 2.45) is 0 Å². The quantitative estimate of drug-likeness (QED) is 0.517. The Bertz CT molecular complexity index is 929. The van der Waals surface area contributed by atoms with Crippen molar-refractivity contribution in [1.82, 2.24) is 10.6 Å². The van der Waals surface area contributed by atoms with E-state index < -0.39 is 24.5 Å². The van der Waals surface area contributed by atoms with Crippen LogP contribution in [0.4, 0.5) is 10.5 Å². The van der Waals surface area contributed by atoms with Crippen LogP contribution in [0.1, 0.15) is 17.3 Å². The molecule has 0 radical (unpaired) electrons. The zero-order valence-corrected chi connectivity index (χ0v) is 17.1. The molecule has 10 heteroatoms. The molecule has 0 heterocycles. The van der Waals surface area contributed by atoms with Crippen LogP contribution in [0.3, 0.4) is 0 Å². The largest absolute Gasteiger partial charge is 0.497 e. The second-order valence-corrected chi connectivity index (χ2v) is 6.08. The molecule has 0 atom stereocenters. The van der Waals surface area contributed by atoms with Crippen molar-refractivity contribution in [3.05, 3.63) is 54.1 Å². The second kappa shape index (κ2) is 11.8. The molecule has 164 valence electrons. The van der Waals surface area contributed by atoms with Gasteiger partial charge in [-0.3, -0.25) is 14.9 Å². The molecule has 0 aromatic heterocycles. The lowest BCUT2D eigenvalue weighted by Gasteiger charge is -2.09. The molecule has 2 rings (SSSR count). The fraction of sp³-hybridized carbons (Fsp3) is 0.238. The average Bonchev–Trinajstić information content (AvgIpc) is 2.76. The van der Waals surface area contributed by atoms with Crippen molar-refractivity contribution in [2.75, 3.05) is 32.2 Å². The van der Waals surface area contributed by atoms with Crippen LogP contribution in [0.5, 0.6) is 11.5 Å². The van der Waals surface area contributed by atoms with E-state index in [2.05, 4.69) is 10.6 Å². The molecule has 2 aromatic rings. The van der Waals surface area contributed by atoms with Crippen LogP contribution in [0.2, 0.25) is 0 Å². The van der Waals surface area contributed by atoms with Gasteiger partial charge in [0.05, 0.1) is 12.7 Å². The summed E-state index contributed by atoms with van der Waals surface area (Å²) in [5.41, 5.74) is 0.751. The van der Waals surface area contributed by atoms with Gasteiger partial charge in [-0.15, -0.1) is 0 Å². The van der Waals surface area contributed by atoms with Crippen molar-refractivity contribution >= 4 is 29.5 Å². The second-order valence-electron chi connectivity index (χ2n) is 6.08. The molecule has 0 aliphatic carbocycles. The molecule has 31 heavy (non-hydrogen) atoms. The summed E-state index contributed by atoms with van der Waals surface area (Å²) in [6, 6.07) is 12.1. The molecule has 0 fully saturated rings. The monoisotopic (exact) mass is 429 g/mol. The lowest BCUT2D eigenvalue weighted by molar-refractivity contribution is -0.123. The van der Waals surface area contributed by atoms with Gasteiger partial charge in [-0.05, 0) is 43.3 Å². The van der Waals surface area contributed by atoms with Gasteiger partial charge < -0.3 is 24.8 Å². The van der Waals surface area contributed by atoms with Crippen LogP contribution < -0.4 is 25.4 Å². The van der Waals surface area contributed by atoms with Gasteiger partial charge >= 0.3 is 12.0 Å². The fourth-order valence-electron chi connectivity index (χ4n) is 2.32. The van der Waals surface area contributed by atoms with E-state index in [9.17, 15) is 19.2 Å². The summed E-state index contributed by atoms with van der Waals surface area (Å²) in [4.78, 5) is 46.7. The number of anilines is 1. The van der Waals surface area contributed by atoms with Crippen molar-refractivity contribution in [2.45, 2.75) is 6.92 Å². The number of amides is 4. The Morgan fingerprint density at radius 3 is 2.32 bits per heavy atom. The minimum absolute atomic E-state index is 0.180. The highest BCUT2D eigenvalue weighted by molar-refractivity contribution is 5.97. The molecule has 4 amide bonds. The number of hydrogen-bond acceptors (Lipinski definition) is 7. The van der Waals surface area contributed by atoms with E-state index in [4.69, 9.17) is 14.2 Å². The number of carbonyl (C=O) groups excluding carboxylic acids is 4. The van der Waals surface area contributed by atoms with Crippen LogP contribution in [0.15, 0.2) is 48.5 Å². The summed E-state index contributed by atoms with van der Waals surface area (Å²) < 4.78 is 15.3. The van der Waals surface area contributed by atoms with Gasteiger partial charge in [0.25, 0.3) is 11.8 Å². The maximum Gasteiger partial charge on any atom is 0.338 e. The minimum Gasteiger partial charge on any atom is -0.497 e. The maximum absolute atomic E-state index is 12.0. The number of hydrogen-bond donors (Lipinski definition) is 3. The van der Waals surface area contributed by atoms with E-state index in [0.29, 0.717) is 23.7 Å². The van der Waals surface area contributed by atoms with Crippen molar-refractivity contribution < 1.29 is 33.4 Å². The molecule has 0 aliphatic heterocycles. The van der Waals surface area contributed by atoms with Crippen molar-refractivity contribution in [1.29, 1.82) is 0 Å². The average molecular weight is 429 g/mol. The van der Waals surface area contributed by atoms with E-state index in [1.54, 1.807) is 31.2 Å². The number of carbonyl (C=O) groups is 4. The highest BCUT2D eigenvalue weighted by Gasteiger charge is 2.12. The van der Waals surface area contributed by atoms with Crippen LogP contribution in [-0.4, -0.2) is 50.7 Å². The van der Waals surface area contributed by atoms with Crippen LogP contribution in [-0.2, 0) is 14.3 Å². The summed E-state index contributed by atoms with van der Waals surface area (Å²) >= 11 is 0. The summed E-state index contributed by atoms with van der Waals surface area (Å²) in [5, 5.41) is 7.08. The SMILES string of the molecule is CCNC(=O)NC(=O)COC(=O)c1ccc(OCC(=O)Nc2cccc(OC)c2)cc1. The number of methoxy groups -OCH3 is 1. The number of nitrogens with one attached hydrogen (secondary N) is 3. The first-order valence-corrected chi connectivity index (χ1v) is 9.32. The molecule has 0 unspecified atom stereocenters. The molecule has 0 aliphatic rings. The summed E-state index contributed by atoms with van der Waals surface area (Å²) in [6.07, 6.45) is 0. The van der Waals surface area contributed by atoms with Crippen LogP contribution >= 0.6 is 0 Å². The third-order valence-electron chi connectivity index (χ3n) is 3.74. The molecule has 0 bridgehead atoms. The molecule has 3 N–H and O–H groups in total. The van der Waals surface area contributed by atoms with Gasteiger partial charge in [0.15, 0.2) is 13.2 Å². The number of imide groups is 1. The fourth-order valence-corrected chi connectivity index (χ4v) is 2.32. The Morgan fingerprint density at radius 2 is 1.65 bits per heavy atom. The third-order valence-corrected chi connectivity index (χ3v) is 3.74. The molecular formula is C21H23N3O7. The zero-order chi connectivity index (χ0) is 22.6. The van der Waals surface area contributed by atoms with Crippen molar-refractivity contribution in [3.8, 4) is 11.5 Å². The van der Waals surface area contributed by atoms with Crippen LogP contribution in [0, 0.1) is 0 Å². The molecular weight excluding hydrogens is 406 g/mol. The molecule has 10 nitrogen and oxygen atoms in total. The van der Waals surface area contributed by atoms with Gasteiger partial charge in [-0.1, -0.05) is 6.07 Å². The predicted octanol–water partition coefficient (Wildman–Crippen LogP) is 1.72. The minimum atomic E-state index is -0.749. The Kier molecular flexibility index (Phi) is 8.84. The number of benzene rings is 2. The van der Waals surface area contributed by atoms with E-state index in [-0.39, 0.29) is 18.1 Å². The highest BCUT2D eigenvalue weighted by atomic mass is 16.5. The van der Waals surface area contributed by atoms with Gasteiger partial charge in [-0.25, -0.2) is 9.59 Å². The summed E-state index contributed by atoms with van der Waals surface area (Å²) in [7, 11) is 1.53. The third kappa shape index (κ3) is 8.05. The van der Waals surface area contributed by atoms with Gasteiger partial charge in [0.1, 0.15) is 11.5 Å².